The van der Waals surface area contributed by atoms with Crippen molar-refractivity contribution in [3.05, 3.63) is 22.2 Å². The van der Waals surface area contributed by atoms with E-state index >= 15 is 0 Å². The third-order valence-electron chi connectivity index (χ3n) is 3.95. The SMILES string of the molecule is CC(CC(=O)Nc1cc(Cl)c(O)c(Cl)c1)C1CCCNC1. The number of halogens is 2. The van der Waals surface area contributed by atoms with E-state index in [1.807, 2.05) is 0 Å². The number of phenols is 1. The van der Waals surface area contributed by atoms with E-state index in [1.165, 1.54) is 18.6 Å². The highest BCUT2D eigenvalue weighted by Gasteiger charge is 2.22. The Morgan fingerprint density at radius 3 is 2.71 bits per heavy atom. The molecule has 2 rings (SSSR count). The molecule has 6 heteroatoms. The molecule has 1 aromatic rings. The topological polar surface area (TPSA) is 61.4 Å². The quantitative estimate of drug-likeness (QED) is 0.738. The number of piperidine rings is 1. The van der Waals surface area contributed by atoms with Gasteiger partial charge in [-0.15, -0.1) is 0 Å². The molecular weight excluding hydrogens is 311 g/mol. The van der Waals surface area contributed by atoms with Crippen LogP contribution in [0.1, 0.15) is 26.2 Å². The van der Waals surface area contributed by atoms with Crippen molar-refractivity contribution in [1.82, 2.24) is 5.32 Å². The highest BCUT2D eigenvalue weighted by molar-refractivity contribution is 6.37. The fourth-order valence-corrected chi connectivity index (χ4v) is 3.16. The average Bonchev–Trinajstić information content (AvgIpc) is 2.45. The van der Waals surface area contributed by atoms with Gasteiger partial charge >= 0.3 is 0 Å². The second-order valence-electron chi connectivity index (χ2n) is 5.62. The molecule has 1 aliphatic heterocycles. The van der Waals surface area contributed by atoms with Gasteiger partial charge in [0.05, 0.1) is 10.0 Å². The first-order valence-corrected chi connectivity index (χ1v) is 7.91. The lowest BCUT2D eigenvalue weighted by atomic mass is 9.85. The number of anilines is 1. The maximum atomic E-state index is 12.1. The van der Waals surface area contributed by atoms with Gasteiger partial charge in [0.15, 0.2) is 5.75 Å². The molecule has 0 radical (unpaired) electrons. The van der Waals surface area contributed by atoms with Crippen LogP contribution >= 0.6 is 23.2 Å². The summed E-state index contributed by atoms with van der Waals surface area (Å²) in [5.74, 6) is 0.626. The monoisotopic (exact) mass is 330 g/mol. The number of carbonyl (C=O) groups is 1. The molecule has 0 bridgehead atoms. The van der Waals surface area contributed by atoms with Crippen molar-refractivity contribution in [3.63, 3.8) is 0 Å². The van der Waals surface area contributed by atoms with Gasteiger partial charge in [-0.1, -0.05) is 30.1 Å². The normalized spacial score (nSPS) is 20.0. The van der Waals surface area contributed by atoms with Crippen LogP contribution < -0.4 is 10.6 Å². The molecule has 3 N–H and O–H groups in total. The average molecular weight is 331 g/mol. The van der Waals surface area contributed by atoms with Gasteiger partial charge in [-0.25, -0.2) is 0 Å². The first kappa shape index (κ1) is 16.4. The number of amides is 1. The molecule has 1 amide bonds. The van der Waals surface area contributed by atoms with E-state index in [0.29, 0.717) is 23.9 Å². The van der Waals surface area contributed by atoms with E-state index in [0.717, 1.165) is 19.5 Å². The van der Waals surface area contributed by atoms with Crippen LogP contribution in [-0.2, 0) is 4.79 Å². The molecule has 2 atom stereocenters. The lowest BCUT2D eigenvalue weighted by molar-refractivity contribution is -0.117. The molecule has 0 aliphatic carbocycles. The van der Waals surface area contributed by atoms with Crippen LogP contribution in [-0.4, -0.2) is 24.1 Å². The van der Waals surface area contributed by atoms with Gasteiger partial charge in [-0.3, -0.25) is 4.79 Å². The molecule has 0 saturated carbocycles. The maximum Gasteiger partial charge on any atom is 0.224 e. The number of benzene rings is 1. The number of aromatic hydroxyl groups is 1. The second kappa shape index (κ2) is 7.34. The molecule has 1 aromatic carbocycles. The van der Waals surface area contributed by atoms with E-state index < -0.39 is 0 Å². The molecule has 1 saturated heterocycles. The Bertz CT molecular complexity index is 493. The Hall–Kier alpha value is -0.970. The number of hydrogen-bond donors (Lipinski definition) is 3. The third kappa shape index (κ3) is 4.50. The molecule has 116 valence electrons. The standard InChI is InChI=1S/C15H20Cl2N2O2/c1-9(10-3-2-4-18-8-10)5-14(20)19-11-6-12(16)15(21)13(17)7-11/h6-7,9-10,18,21H,2-5,8H2,1H3,(H,19,20). The maximum absolute atomic E-state index is 12.1. The van der Waals surface area contributed by atoms with Crippen LogP contribution in [0, 0.1) is 11.8 Å². The summed E-state index contributed by atoms with van der Waals surface area (Å²) in [6.07, 6.45) is 2.79. The zero-order valence-electron chi connectivity index (χ0n) is 12.0. The molecule has 0 aromatic heterocycles. The molecule has 1 fully saturated rings. The van der Waals surface area contributed by atoms with Crippen LogP contribution in [0.25, 0.3) is 0 Å². The van der Waals surface area contributed by atoms with E-state index in [9.17, 15) is 9.90 Å². The third-order valence-corrected chi connectivity index (χ3v) is 4.52. The van der Waals surface area contributed by atoms with Crippen molar-refractivity contribution in [2.45, 2.75) is 26.2 Å². The Morgan fingerprint density at radius 2 is 2.14 bits per heavy atom. The van der Waals surface area contributed by atoms with Crippen LogP contribution in [0.3, 0.4) is 0 Å². The highest BCUT2D eigenvalue weighted by atomic mass is 35.5. The number of rotatable bonds is 4. The summed E-state index contributed by atoms with van der Waals surface area (Å²) >= 11 is 11.7. The van der Waals surface area contributed by atoms with Gasteiger partial charge in [-0.2, -0.15) is 0 Å². The largest absolute Gasteiger partial charge is 0.505 e. The lowest BCUT2D eigenvalue weighted by Gasteiger charge is -2.28. The molecule has 2 unspecified atom stereocenters. The van der Waals surface area contributed by atoms with Crippen LogP contribution in [0.4, 0.5) is 5.69 Å². The predicted octanol–water partition coefficient (Wildman–Crippen LogP) is 3.66. The van der Waals surface area contributed by atoms with Crippen LogP contribution in [0.2, 0.25) is 10.0 Å². The number of hydrogen-bond acceptors (Lipinski definition) is 3. The zero-order chi connectivity index (χ0) is 15.4. The van der Waals surface area contributed by atoms with Gasteiger partial charge in [-0.05, 0) is 49.9 Å². The summed E-state index contributed by atoms with van der Waals surface area (Å²) in [6.45, 7) is 4.15. The first-order valence-electron chi connectivity index (χ1n) is 7.16. The summed E-state index contributed by atoms with van der Waals surface area (Å²) in [5, 5.41) is 15.9. The molecular formula is C15H20Cl2N2O2. The minimum Gasteiger partial charge on any atom is -0.505 e. The fourth-order valence-electron chi connectivity index (χ4n) is 2.67. The number of carbonyl (C=O) groups excluding carboxylic acids is 1. The van der Waals surface area contributed by atoms with Crippen LogP contribution in [0.5, 0.6) is 5.75 Å². The van der Waals surface area contributed by atoms with Crippen molar-refractivity contribution < 1.29 is 9.90 Å². The Balaban J connectivity index is 1.92. The van der Waals surface area contributed by atoms with Gasteiger partial charge < -0.3 is 15.7 Å². The Morgan fingerprint density at radius 1 is 1.48 bits per heavy atom. The van der Waals surface area contributed by atoms with E-state index in [2.05, 4.69) is 17.6 Å². The Labute approximate surface area is 134 Å². The first-order chi connectivity index (χ1) is 9.97. The van der Waals surface area contributed by atoms with Crippen molar-refractivity contribution in [1.29, 1.82) is 0 Å². The lowest BCUT2D eigenvalue weighted by Crippen LogP contribution is -2.34. The molecule has 0 spiro atoms. The summed E-state index contributed by atoms with van der Waals surface area (Å²) in [7, 11) is 0. The fraction of sp³-hybridized carbons (Fsp3) is 0.533. The smallest absolute Gasteiger partial charge is 0.224 e. The Kier molecular flexibility index (Phi) is 5.73. The minimum absolute atomic E-state index is 0.0640. The van der Waals surface area contributed by atoms with E-state index in [4.69, 9.17) is 23.2 Å². The molecule has 1 heterocycles. The molecule has 21 heavy (non-hydrogen) atoms. The second-order valence-corrected chi connectivity index (χ2v) is 6.44. The number of phenolic OH excluding ortho intramolecular Hbond substituents is 1. The predicted molar refractivity (Wildman–Crippen MR) is 86.1 cm³/mol. The number of nitrogens with one attached hydrogen (secondary N) is 2. The summed E-state index contributed by atoms with van der Waals surface area (Å²) in [4.78, 5) is 12.1. The van der Waals surface area contributed by atoms with Crippen molar-refractivity contribution >= 4 is 34.8 Å². The van der Waals surface area contributed by atoms with Gasteiger partial charge in [0.1, 0.15) is 0 Å². The summed E-state index contributed by atoms with van der Waals surface area (Å²) in [6, 6.07) is 2.99. The van der Waals surface area contributed by atoms with Gasteiger partial charge in [0.2, 0.25) is 5.91 Å². The van der Waals surface area contributed by atoms with Crippen molar-refractivity contribution in [3.8, 4) is 5.75 Å². The summed E-state index contributed by atoms with van der Waals surface area (Å²) in [5.41, 5.74) is 0.502. The van der Waals surface area contributed by atoms with Crippen LogP contribution in [0.15, 0.2) is 12.1 Å². The minimum atomic E-state index is -0.169. The van der Waals surface area contributed by atoms with Crippen molar-refractivity contribution in [2.75, 3.05) is 18.4 Å². The van der Waals surface area contributed by atoms with E-state index in [-0.39, 0.29) is 21.7 Å². The van der Waals surface area contributed by atoms with E-state index in [1.54, 1.807) is 0 Å². The zero-order valence-corrected chi connectivity index (χ0v) is 13.5. The summed E-state index contributed by atoms with van der Waals surface area (Å²) < 4.78 is 0. The van der Waals surface area contributed by atoms with Gasteiger partial charge in [0, 0.05) is 12.1 Å². The van der Waals surface area contributed by atoms with Gasteiger partial charge in [0.25, 0.3) is 0 Å². The highest BCUT2D eigenvalue weighted by Crippen LogP contribution is 2.34. The molecule has 1 aliphatic rings. The van der Waals surface area contributed by atoms with Crippen molar-refractivity contribution in [2.24, 2.45) is 11.8 Å². The molecule has 4 nitrogen and oxygen atoms in total.